The quantitative estimate of drug-likeness (QED) is 0.548. The Morgan fingerprint density at radius 1 is 1.06 bits per heavy atom. The molecule has 0 amide bonds. The lowest BCUT2D eigenvalue weighted by atomic mass is 9.84. The highest BCUT2D eigenvalue weighted by molar-refractivity contribution is 5.26. The Morgan fingerprint density at radius 2 is 1.70 bits per heavy atom. The van der Waals surface area contributed by atoms with E-state index in [1.54, 1.807) is 24.3 Å². The Labute approximate surface area is 196 Å². The Balaban J connectivity index is 1.44. The van der Waals surface area contributed by atoms with E-state index >= 15 is 0 Å². The largest absolute Gasteiger partial charge is 0.508 e. The first-order chi connectivity index (χ1) is 15.9. The first-order valence-corrected chi connectivity index (χ1v) is 11.8. The molecule has 0 radical (unpaired) electrons. The van der Waals surface area contributed by atoms with Crippen LogP contribution in [0.1, 0.15) is 35.2 Å². The Bertz CT molecular complexity index is 1020. The minimum Gasteiger partial charge on any atom is -0.508 e. The SMILES string of the molecule is Cc1nn(C)cc1CN(C)C(Cc1ccc(F)cc1)C1CCN(Cc2ccc(O)cc2)CC1. The van der Waals surface area contributed by atoms with Crippen molar-refractivity contribution in [3.05, 3.63) is 82.9 Å². The van der Waals surface area contributed by atoms with E-state index in [4.69, 9.17) is 0 Å². The maximum Gasteiger partial charge on any atom is 0.123 e. The van der Waals surface area contributed by atoms with Crippen LogP contribution in [-0.2, 0) is 26.6 Å². The summed E-state index contributed by atoms with van der Waals surface area (Å²) >= 11 is 0. The van der Waals surface area contributed by atoms with Crippen molar-refractivity contribution >= 4 is 0 Å². The number of likely N-dealkylation sites (N-methyl/N-ethyl adjacent to an activating group) is 1. The van der Waals surface area contributed by atoms with Crippen molar-refractivity contribution in [3.63, 3.8) is 0 Å². The molecule has 33 heavy (non-hydrogen) atoms. The highest BCUT2D eigenvalue weighted by atomic mass is 19.1. The Hall–Kier alpha value is -2.70. The van der Waals surface area contributed by atoms with Crippen LogP contribution in [0.25, 0.3) is 0 Å². The minimum atomic E-state index is -0.183. The van der Waals surface area contributed by atoms with Gasteiger partial charge in [0, 0.05) is 37.9 Å². The average Bonchev–Trinajstić information content (AvgIpc) is 3.12. The zero-order valence-corrected chi connectivity index (χ0v) is 19.9. The number of phenols is 1. The summed E-state index contributed by atoms with van der Waals surface area (Å²) in [6.45, 7) is 5.97. The molecule has 3 aromatic rings. The summed E-state index contributed by atoms with van der Waals surface area (Å²) in [6.07, 6.45) is 5.31. The van der Waals surface area contributed by atoms with Gasteiger partial charge in [0.15, 0.2) is 0 Å². The molecular formula is C27H35FN4O. The zero-order chi connectivity index (χ0) is 23.4. The fourth-order valence-electron chi connectivity index (χ4n) is 5.09. The van der Waals surface area contributed by atoms with Crippen LogP contribution in [0.3, 0.4) is 0 Å². The van der Waals surface area contributed by atoms with Crippen molar-refractivity contribution in [1.29, 1.82) is 0 Å². The maximum absolute atomic E-state index is 13.5. The van der Waals surface area contributed by atoms with E-state index < -0.39 is 0 Å². The topological polar surface area (TPSA) is 44.5 Å². The molecule has 6 heteroatoms. The predicted molar refractivity (Wildman–Crippen MR) is 129 cm³/mol. The molecule has 1 atom stereocenters. The summed E-state index contributed by atoms with van der Waals surface area (Å²) in [7, 11) is 4.18. The van der Waals surface area contributed by atoms with E-state index in [0.717, 1.165) is 51.1 Å². The molecule has 0 spiro atoms. The number of hydrogen-bond acceptors (Lipinski definition) is 4. The van der Waals surface area contributed by atoms with Crippen molar-refractivity contribution in [1.82, 2.24) is 19.6 Å². The highest BCUT2D eigenvalue weighted by Crippen LogP contribution is 2.28. The standard InChI is InChI=1S/C27H35FN4O/c1-20-24(19-31(3)29-20)18-30(2)27(16-21-4-8-25(28)9-5-21)23-12-14-32(15-13-23)17-22-6-10-26(33)11-7-22/h4-11,19,23,27,33H,12-18H2,1-3H3. The molecule has 1 fully saturated rings. The zero-order valence-electron chi connectivity index (χ0n) is 19.9. The summed E-state index contributed by atoms with van der Waals surface area (Å²) in [5.74, 6) is 0.707. The number of rotatable bonds is 8. The molecule has 2 heterocycles. The van der Waals surface area contributed by atoms with Crippen molar-refractivity contribution < 1.29 is 9.50 Å². The van der Waals surface area contributed by atoms with E-state index in [2.05, 4.69) is 35.1 Å². The van der Waals surface area contributed by atoms with Crippen LogP contribution >= 0.6 is 0 Å². The molecule has 1 aliphatic rings. The van der Waals surface area contributed by atoms with Crippen LogP contribution in [-0.4, -0.2) is 50.9 Å². The number of likely N-dealkylation sites (tertiary alicyclic amines) is 1. The van der Waals surface area contributed by atoms with Gasteiger partial charge in [0.2, 0.25) is 0 Å². The molecule has 1 saturated heterocycles. The molecule has 0 aliphatic carbocycles. The van der Waals surface area contributed by atoms with Gasteiger partial charge in [-0.3, -0.25) is 14.5 Å². The summed E-state index contributed by atoms with van der Waals surface area (Å²) in [6, 6.07) is 14.9. The van der Waals surface area contributed by atoms with Gasteiger partial charge in [-0.2, -0.15) is 5.10 Å². The van der Waals surface area contributed by atoms with Gasteiger partial charge in [-0.05, 0) is 87.6 Å². The van der Waals surface area contributed by atoms with E-state index in [9.17, 15) is 9.50 Å². The third kappa shape index (κ3) is 6.21. The molecule has 2 aromatic carbocycles. The van der Waals surface area contributed by atoms with Crippen LogP contribution in [0.5, 0.6) is 5.75 Å². The smallest absolute Gasteiger partial charge is 0.123 e. The van der Waals surface area contributed by atoms with E-state index in [1.807, 2.05) is 36.0 Å². The molecule has 5 nitrogen and oxygen atoms in total. The number of phenolic OH excluding ortho intramolecular Hbond substituents is 1. The third-order valence-corrected chi connectivity index (χ3v) is 6.98. The first-order valence-electron chi connectivity index (χ1n) is 11.8. The van der Waals surface area contributed by atoms with Gasteiger partial charge in [0.1, 0.15) is 11.6 Å². The number of benzene rings is 2. The number of hydrogen-bond donors (Lipinski definition) is 1. The lowest BCUT2D eigenvalue weighted by molar-refractivity contribution is 0.0953. The molecule has 1 aliphatic heterocycles. The van der Waals surface area contributed by atoms with Crippen LogP contribution in [0.15, 0.2) is 54.7 Å². The molecule has 0 saturated carbocycles. The average molecular weight is 451 g/mol. The van der Waals surface area contributed by atoms with Crippen molar-refractivity contribution in [2.75, 3.05) is 20.1 Å². The van der Waals surface area contributed by atoms with Crippen LogP contribution in [0, 0.1) is 18.7 Å². The maximum atomic E-state index is 13.5. The molecule has 1 aromatic heterocycles. The lowest BCUT2D eigenvalue weighted by Gasteiger charge is -2.40. The summed E-state index contributed by atoms with van der Waals surface area (Å²) in [5.41, 5.74) is 4.75. The second-order valence-electron chi connectivity index (χ2n) is 9.51. The van der Waals surface area contributed by atoms with Crippen molar-refractivity contribution in [3.8, 4) is 5.75 Å². The second-order valence-corrected chi connectivity index (χ2v) is 9.51. The number of nitrogens with zero attached hydrogens (tertiary/aromatic N) is 4. The molecular weight excluding hydrogens is 415 g/mol. The van der Waals surface area contributed by atoms with E-state index in [0.29, 0.717) is 17.7 Å². The van der Waals surface area contributed by atoms with Gasteiger partial charge in [0.05, 0.1) is 5.69 Å². The fraction of sp³-hybridized carbons (Fsp3) is 0.444. The van der Waals surface area contributed by atoms with Crippen molar-refractivity contribution in [2.45, 2.75) is 45.3 Å². The molecule has 1 N–H and O–H groups in total. The third-order valence-electron chi connectivity index (χ3n) is 6.98. The highest BCUT2D eigenvalue weighted by Gasteiger charge is 2.30. The molecule has 0 bridgehead atoms. The number of aromatic hydroxyl groups is 1. The number of halogens is 1. The summed E-state index contributed by atoms with van der Waals surface area (Å²) < 4.78 is 15.4. The van der Waals surface area contributed by atoms with Gasteiger partial charge in [0.25, 0.3) is 0 Å². The number of aryl methyl sites for hydroxylation is 2. The Morgan fingerprint density at radius 3 is 2.30 bits per heavy atom. The summed E-state index contributed by atoms with van der Waals surface area (Å²) in [4.78, 5) is 4.97. The van der Waals surface area contributed by atoms with Gasteiger partial charge < -0.3 is 5.11 Å². The van der Waals surface area contributed by atoms with Gasteiger partial charge in [-0.1, -0.05) is 24.3 Å². The van der Waals surface area contributed by atoms with Crippen LogP contribution in [0.4, 0.5) is 4.39 Å². The predicted octanol–water partition coefficient (Wildman–Crippen LogP) is 4.53. The van der Waals surface area contributed by atoms with E-state index in [1.165, 1.54) is 16.7 Å². The molecule has 1 unspecified atom stereocenters. The van der Waals surface area contributed by atoms with Gasteiger partial charge >= 0.3 is 0 Å². The van der Waals surface area contributed by atoms with Gasteiger partial charge in [-0.15, -0.1) is 0 Å². The lowest BCUT2D eigenvalue weighted by Crippen LogP contribution is -2.45. The minimum absolute atomic E-state index is 0.183. The summed E-state index contributed by atoms with van der Waals surface area (Å²) in [5, 5.41) is 14.0. The second kappa shape index (κ2) is 10.5. The monoisotopic (exact) mass is 450 g/mol. The molecule has 4 rings (SSSR count). The number of piperidine rings is 1. The first kappa shape index (κ1) is 23.5. The van der Waals surface area contributed by atoms with Crippen LogP contribution < -0.4 is 0 Å². The Kier molecular flexibility index (Phi) is 7.46. The van der Waals surface area contributed by atoms with E-state index in [-0.39, 0.29) is 5.82 Å². The van der Waals surface area contributed by atoms with Crippen LogP contribution in [0.2, 0.25) is 0 Å². The molecule has 176 valence electrons. The fourth-order valence-corrected chi connectivity index (χ4v) is 5.09. The van der Waals surface area contributed by atoms with Gasteiger partial charge in [-0.25, -0.2) is 4.39 Å². The number of aromatic nitrogens is 2. The van der Waals surface area contributed by atoms with Crippen molar-refractivity contribution in [2.24, 2.45) is 13.0 Å². The normalized spacial score (nSPS) is 16.4.